The number of carbonyl (C=O) groups is 2. The third kappa shape index (κ3) is 20.5. The van der Waals surface area contributed by atoms with Crippen LogP contribution in [0.2, 0.25) is 0 Å². The van der Waals surface area contributed by atoms with Crippen molar-refractivity contribution in [1.29, 1.82) is 0 Å². The van der Waals surface area contributed by atoms with E-state index in [2.05, 4.69) is 52.0 Å². The van der Waals surface area contributed by atoms with Crippen LogP contribution in [0.4, 0.5) is 35.1 Å². The first-order valence-electron chi connectivity index (χ1n) is 18.0. The maximum Gasteiger partial charge on any atom is 0.387 e. The van der Waals surface area contributed by atoms with Crippen LogP contribution in [0.5, 0.6) is 11.5 Å². The molecule has 2 aromatic rings. The van der Waals surface area contributed by atoms with Crippen molar-refractivity contribution in [2.24, 2.45) is 28.4 Å². The van der Waals surface area contributed by atoms with Crippen LogP contribution >= 0.6 is 12.4 Å². The fourth-order valence-corrected chi connectivity index (χ4v) is 6.71. The molecule has 2 aliphatic carbocycles. The van der Waals surface area contributed by atoms with Gasteiger partial charge < -0.3 is 45.3 Å². The van der Waals surface area contributed by atoms with Gasteiger partial charge in [0.05, 0.1) is 50.3 Å². The van der Waals surface area contributed by atoms with E-state index in [-0.39, 0.29) is 59.6 Å². The molecule has 0 radical (unpaired) electrons. The topological polar surface area (TPSA) is 170 Å². The van der Waals surface area contributed by atoms with Crippen LogP contribution in [0.15, 0.2) is 48.5 Å². The number of rotatable bonds is 19. The van der Waals surface area contributed by atoms with Gasteiger partial charge in [-0.05, 0) is 83.7 Å². The standard InChI is InChI=1S/C19H25F4NO4.C10H11F4NO2.C9H16O3.ClH/c1-19(2)8-12(9-19)15(25)7-16(26)24-14(10-27-17(20)21)11-4-3-5-13(6-11)28-18(22)23;11-9(12)16-5-8(15)6-2-1-3-7(4-6)17-10(13)14;1-9(2)4-6(5-9)7(10)3-8(11)12;/h3-6,12,14-15,17-18,25H,7-10H2,1-2H3,(H,24,26);1-4,8-10H,5,15H2;6-7,10H,3-5H2,1-2H3,(H,11,12);1H/t14-,15?;8-;;/m00../s1. The van der Waals surface area contributed by atoms with Gasteiger partial charge in [-0.1, -0.05) is 52.0 Å². The van der Waals surface area contributed by atoms with Crippen LogP contribution in [0.3, 0.4) is 0 Å². The zero-order chi connectivity index (χ0) is 43.1. The lowest BCUT2D eigenvalue weighted by molar-refractivity contribution is -0.141. The Kier molecular flexibility index (Phi) is 22.2. The number of carboxylic acid groups (broad SMARTS) is 1. The third-order valence-corrected chi connectivity index (χ3v) is 9.25. The summed E-state index contributed by atoms with van der Waals surface area (Å²) in [7, 11) is 0. The minimum Gasteiger partial charge on any atom is -0.481 e. The summed E-state index contributed by atoms with van der Waals surface area (Å²) in [5, 5.41) is 30.5. The van der Waals surface area contributed by atoms with Gasteiger partial charge in [0.1, 0.15) is 11.5 Å². The molecule has 6 N–H and O–H groups in total. The molecule has 2 saturated carbocycles. The van der Waals surface area contributed by atoms with Crippen molar-refractivity contribution in [1.82, 2.24) is 5.32 Å². The van der Waals surface area contributed by atoms with Crippen molar-refractivity contribution in [3.05, 3.63) is 59.7 Å². The summed E-state index contributed by atoms with van der Waals surface area (Å²) in [6.07, 6.45) is 1.72. The minimum absolute atomic E-state index is 0. The zero-order valence-corrected chi connectivity index (χ0v) is 33.2. The predicted molar refractivity (Wildman–Crippen MR) is 197 cm³/mol. The second-order valence-electron chi connectivity index (χ2n) is 15.4. The van der Waals surface area contributed by atoms with Gasteiger partial charge in [-0.15, -0.1) is 12.4 Å². The van der Waals surface area contributed by atoms with Crippen LogP contribution in [-0.4, -0.2) is 79.1 Å². The maximum atomic E-state index is 12.4. The van der Waals surface area contributed by atoms with E-state index in [1.165, 1.54) is 48.5 Å². The largest absolute Gasteiger partial charge is 0.481 e. The first-order valence-corrected chi connectivity index (χ1v) is 18.0. The summed E-state index contributed by atoms with van der Waals surface area (Å²) in [6.45, 7) is -4.51. The normalized spacial score (nSPS) is 17.9. The number of aliphatic hydroxyl groups is 2. The van der Waals surface area contributed by atoms with Crippen LogP contribution < -0.4 is 20.5 Å². The molecule has 4 rings (SSSR count). The maximum absolute atomic E-state index is 12.4. The highest BCUT2D eigenvalue weighted by atomic mass is 35.5. The molecule has 0 aliphatic heterocycles. The van der Waals surface area contributed by atoms with Gasteiger partial charge in [-0.25, -0.2) is 0 Å². The van der Waals surface area contributed by atoms with E-state index in [0.29, 0.717) is 11.0 Å². The van der Waals surface area contributed by atoms with E-state index in [0.717, 1.165) is 25.7 Å². The Labute approximate surface area is 338 Å². The Balaban J connectivity index is 0.000000476. The number of hydrogen-bond acceptors (Lipinski definition) is 9. The number of benzene rings is 2. The SMILES string of the molecule is CC1(C)CC(C(O)CC(=O)N[C@@H](COC(F)F)c2cccc(OC(F)F)c2)C1.CC1(C)CC(C(O)CC(=O)O)C1.Cl.N[C@@H](COC(F)F)c1cccc(OC(F)F)c1. The molecule has 20 heteroatoms. The van der Waals surface area contributed by atoms with E-state index >= 15 is 0 Å². The number of aliphatic carboxylic acids is 1. The first-order chi connectivity index (χ1) is 26.4. The summed E-state index contributed by atoms with van der Waals surface area (Å²) < 4.78 is 114. The van der Waals surface area contributed by atoms with Crippen molar-refractivity contribution >= 4 is 24.3 Å². The van der Waals surface area contributed by atoms with Crippen molar-refractivity contribution < 1.29 is 79.0 Å². The molecule has 2 unspecified atom stereocenters. The third-order valence-electron chi connectivity index (χ3n) is 9.25. The first kappa shape index (κ1) is 52.5. The van der Waals surface area contributed by atoms with E-state index in [1.54, 1.807) is 0 Å². The molecule has 2 aliphatic rings. The smallest absolute Gasteiger partial charge is 0.387 e. The Bertz CT molecular complexity index is 1510. The number of aliphatic hydroxyl groups excluding tert-OH is 2. The molecule has 58 heavy (non-hydrogen) atoms. The van der Waals surface area contributed by atoms with Crippen LogP contribution in [0.25, 0.3) is 0 Å². The van der Waals surface area contributed by atoms with Gasteiger partial charge in [-0.3, -0.25) is 9.59 Å². The number of ether oxygens (including phenoxy) is 4. The summed E-state index contributed by atoms with van der Waals surface area (Å²) >= 11 is 0. The van der Waals surface area contributed by atoms with Crippen molar-refractivity contribution in [2.45, 2.75) is 117 Å². The van der Waals surface area contributed by atoms with Gasteiger partial charge in [-0.2, -0.15) is 35.1 Å². The number of alkyl halides is 8. The molecule has 0 aromatic heterocycles. The lowest BCUT2D eigenvalue weighted by Crippen LogP contribution is -2.42. The molecule has 2 aromatic carbocycles. The second kappa shape index (κ2) is 24.6. The fraction of sp³-hybridized carbons (Fsp3) is 0.632. The van der Waals surface area contributed by atoms with Crippen molar-refractivity contribution in [3.8, 4) is 11.5 Å². The summed E-state index contributed by atoms with van der Waals surface area (Å²) in [4.78, 5) is 22.5. The molecule has 0 saturated heterocycles. The van der Waals surface area contributed by atoms with Crippen LogP contribution in [0, 0.1) is 22.7 Å². The molecule has 1 amide bonds. The molecule has 2 fully saturated rings. The highest BCUT2D eigenvalue weighted by Crippen LogP contribution is 2.47. The number of hydrogen-bond donors (Lipinski definition) is 5. The number of carbonyl (C=O) groups excluding carboxylic acids is 1. The van der Waals surface area contributed by atoms with Crippen LogP contribution in [-0.2, 0) is 19.1 Å². The Morgan fingerprint density at radius 1 is 0.707 bits per heavy atom. The molecule has 0 spiro atoms. The lowest BCUT2D eigenvalue weighted by atomic mass is 9.62. The quantitative estimate of drug-likeness (QED) is 0.0871. The molecule has 11 nitrogen and oxygen atoms in total. The summed E-state index contributed by atoms with van der Waals surface area (Å²) in [5.41, 5.74) is 6.64. The molecule has 4 atom stereocenters. The van der Waals surface area contributed by atoms with Gasteiger partial charge in [0.2, 0.25) is 5.91 Å². The summed E-state index contributed by atoms with van der Waals surface area (Å²) in [6, 6.07) is 9.07. The molecule has 0 heterocycles. The van der Waals surface area contributed by atoms with E-state index < -0.39 is 75.8 Å². The molecular formula is C38H53ClF8N2O9. The number of halogens is 9. The van der Waals surface area contributed by atoms with Crippen molar-refractivity contribution in [3.63, 3.8) is 0 Å². The number of amides is 1. The Hall–Kier alpha value is -3.49. The highest BCUT2D eigenvalue weighted by Gasteiger charge is 2.41. The van der Waals surface area contributed by atoms with E-state index in [9.17, 15) is 54.9 Å². The number of nitrogens with two attached hydrogens (primary N) is 1. The van der Waals surface area contributed by atoms with Gasteiger partial charge in [0.25, 0.3) is 0 Å². The van der Waals surface area contributed by atoms with E-state index in [4.69, 9.17) is 10.8 Å². The second-order valence-corrected chi connectivity index (χ2v) is 15.4. The minimum atomic E-state index is -3.05. The number of carboxylic acids is 1. The highest BCUT2D eigenvalue weighted by molar-refractivity contribution is 5.85. The fourth-order valence-electron chi connectivity index (χ4n) is 6.71. The lowest BCUT2D eigenvalue weighted by Gasteiger charge is -2.44. The average molecular weight is 869 g/mol. The monoisotopic (exact) mass is 868 g/mol. The number of nitrogens with one attached hydrogen (secondary N) is 1. The van der Waals surface area contributed by atoms with Gasteiger partial charge >= 0.3 is 32.4 Å². The van der Waals surface area contributed by atoms with Gasteiger partial charge in [0.15, 0.2) is 0 Å². The molecular weight excluding hydrogens is 816 g/mol. The average Bonchev–Trinajstić information content (AvgIpc) is 3.06. The Morgan fingerprint density at radius 2 is 1.12 bits per heavy atom. The van der Waals surface area contributed by atoms with Crippen LogP contribution in [0.1, 0.15) is 89.4 Å². The molecule has 0 bridgehead atoms. The zero-order valence-electron chi connectivity index (χ0n) is 32.3. The van der Waals surface area contributed by atoms with E-state index in [1.807, 2.05) is 0 Å². The summed E-state index contributed by atoms with van der Waals surface area (Å²) in [5.74, 6) is -1.48. The van der Waals surface area contributed by atoms with Gasteiger partial charge in [0, 0.05) is 0 Å². The van der Waals surface area contributed by atoms with Crippen molar-refractivity contribution in [2.75, 3.05) is 13.2 Å². The molecule has 332 valence electrons. The Morgan fingerprint density at radius 3 is 1.53 bits per heavy atom. The predicted octanol–water partition coefficient (Wildman–Crippen LogP) is 8.08.